The highest BCUT2D eigenvalue weighted by Crippen LogP contribution is 2.39. The van der Waals surface area contributed by atoms with Crippen LogP contribution >= 0.6 is 11.6 Å². The lowest BCUT2D eigenvalue weighted by atomic mass is 9.83. The van der Waals surface area contributed by atoms with E-state index < -0.39 is 10.0 Å². The fourth-order valence-corrected chi connectivity index (χ4v) is 6.82. The lowest BCUT2D eigenvalue weighted by Crippen LogP contribution is -2.47. The highest BCUT2D eigenvalue weighted by molar-refractivity contribution is 7.92. The third-order valence-corrected chi connectivity index (χ3v) is 9.08. The predicted molar refractivity (Wildman–Crippen MR) is 152 cm³/mol. The summed E-state index contributed by atoms with van der Waals surface area (Å²) in [4.78, 5) is 27.7. The largest absolute Gasteiger partial charge is 0.467 e. The summed E-state index contributed by atoms with van der Waals surface area (Å²) in [7, 11) is -3.98. The number of anilines is 2. The summed E-state index contributed by atoms with van der Waals surface area (Å²) >= 11 is 5.97. The number of rotatable bonds is 7. The van der Waals surface area contributed by atoms with Gasteiger partial charge in [0, 0.05) is 47.9 Å². The summed E-state index contributed by atoms with van der Waals surface area (Å²) in [6.07, 6.45) is 2.49. The molecular formula is C29H27ClN4O5S. The van der Waals surface area contributed by atoms with Crippen molar-refractivity contribution < 1.29 is 17.6 Å². The second-order valence-electron chi connectivity index (χ2n) is 10.2. The van der Waals surface area contributed by atoms with Gasteiger partial charge in [-0.2, -0.15) is 0 Å². The van der Waals surface area contributed by atoms with E-state index in [-0.39, 0.29) is 34.7 Å². The van der Waals surface area contributed by atoms with E-state index in [1.165, 1.54) is 30.5 Å². The number of aromatic nitrogens is 1. The van der Waals surface area contributed by atoms with E-state index in [4.69, 9.17) is 16.0 Å². The Kier molecular flexibility index (Phi) is 6.89. The topological polar surface area (TPSA) is 114 Å². The molecule has 0 spiro atoms. The Morgan fingerprint density at radius 2 is 1.82 bits per heavy atom. The minimum Gasteiger partial charge on any atom is -0.467 e. The quantitative estimate of drug-likeness (QED) is 0.335. The van der Waals surface area contributed by atoms with Gasteiger partial charge in [-0.15, -0.1) is 0 Å². The van der Waals surface area contributed by atoms with Gasteiger partial charge in [0.05, 0.1) is 29.1 Å². The molecule has 2 aromatic heterocycles. The van der Waals surface area contributed by atoms with Crippen LogP contribution in [0.15, 0.2) is 93.2 Å². The summed E-state index contributed by atoms with van der Waals surface area (Å²) in [5.41, 5.74) is 2.26. The van der Waals surface area contributed by atoms with Crippen LogP contribution in [0.25, 0.3) is 0 Å². The van der Waals surface area contributed by atoms with Crippen molar-refractivity contribution in [2.75, 3.05) is 22.7 Å². The molecule has 2 unspecified atom stereocenters. The van der Waals surface area contributed by atoms with Crippen molar-refractivity contribution in [3.05, 3.63) is 111 Å². The monoisotopic (exact) mass is 578 g/mol. The molecule has 0 radical (unpaired) electrons. The summed E-state index contributed by atoms with van der Waals surface area (Å²) in [5, 5.41) is 3.23. The van der Waals surface area contributed by atoms with Gasteiger partial charge in [-0.1, -0.05) is 17.7 Å². The van der Waals surface area contributed by atoms with Crippen molar-refractivity contribution in [3.63, 3.8) is 0 Å². The third-order valence-electron chi connectivity index (χ3n) is 7.45. The van der Waals surface area contributed by atoms with E-state index in [0.717, 1.165) is 12.1 Å². The van der Waals surface area contributed by atoms with Gasteiger partial charge < -0.3 is 19.2 Å². The van der Waals surface area contributed by atoms with Crippen molar-refractivity contribution in [1.82, 2.24) is 9.88 Å². The molecule has 2 aromatic carbocycles. The first-order chi connectivity index (χ1) is 19.3. The Labute approximate surface area is 236 Å². The minimum absolute atomic E-state index is 0.00183. The smallest absolute Gasteiger partial charge is 0.261 e. The van der Waals surface area contributed by atoms with E-state index in [1.807, 2.05) is 10.6 Å². The summed E-state index contributed by atoms with van der Waals surface area (Å²) in [6.45, 7) is 2.07. The van der Waals surface area contributed by atoms with Crippen LogP contribution in [0.2, 0.25) is 5.02 Å². The van der Waals surface area contributed by atoms with Crippen molar-refractivity contribution in [3.8, 4) is 0 Å². The number of furan rings is 1. The highest BCUT2D eigenvalue weighted by Gasteiger charge is 2.35. The molecule has 0 saturated carbocycles. The molecule has 2 atom stereocenters. The van der Waals surface area contributed by atoms with Gasteiger partial charge in [0.25, 0.3) is 21.5 Å². The lowest BCUT2D eigenvalue weighted by molar-refractivity contribution is 0.0948. The number of sulfonamides is 1. The van der Waals surface area contributed by atoms with Gasteiger partial charge in [-0.3, -0.25) is 14.3 Å². The van der Waals surface area contributed by atoms with Gasteiger partial charge in [-0.25, -0.2) is 8.42 Å². The zero-order valence-corrected chi connectivity index (χ0v) is 23.0. The van der Waals surface area contributed by atoms with Gasteiger partial charge in [0.2, 0.25) is 0 Å². The molecule has 6 rings (SSSR count). The fourth-order valence-electron chi connectivity index (χ4n) is 5.63. The van der Waals surface area contributed by atoms with Crippen LogP contribution in [-0.2, 0) is 23.1 Å². The summed E-state index contributed by atoms with van der Waals surface area (Å²) in [5.74, 6) is 0.591. The van der Waals surface area contributed by atoms with E-state index in [2.05, 4.69) is 14.9 Å². The standard InChI is InChI=1S/C29H27ClN4O5S/c30-22-7-9-24(10-8-22)40(37,38)32-25-14-20(29(36)31-15-23-3-2-12-39-23)6-11-27(25)33-16-19-13-21(18-33)26-4-1-5-28(35)34(26)17-19/h1-12,14,19,21,32H,13,15-18H2,(H,31,36). The van der Waals surface area contributed by atoms with Crippen LogP contribution in [0.4, 0.5) is 11.4 Å². The number of benzene rings is 2. The molecule has 2 N–H and O–H groups in total. The van der Waals surface area contributed by atoms with E-state index in [0.29, 0.717) is 47.4 Å². The Balaban J connectivity index is 1.33. The fraction of sp³-hybridized carbons (Fsp3) is 0.241. The van der Waals surface area contributed by atoms with Crippen LogP contribution in [-0.4, -0.2) is 32.0 Å². The first-order valence-electron chi connectivity index (χ1n) is 12.9. The number of fused-ring (bicyclic) bond motifs is 4. The Bertz CT molecular complexity index is 1720. The third kappa shape index (κ3) is 5.24. The van der Waals surface area contributed by atoms with Crippen LogP contribution in [0.5, 0.6) is 0 Å². The molecule has 2 aliphatic heterocycles. The number of nitrogens with zero attached hydrogens (tertiary/aromatic N) is 2. The molecule has 1 saturated heterocycles. The second-order valence-corrected chi connectivity index (χ2v) is 12.3. The van der Waals surface area contributed by atoms with Crippen LogP contribution in [0, 0.1) is 5.92 Å². The minimum atomic E-state index is -3.98. The average molecular weight is 579 g/mol. The Morgan fingerprint density at radius 1 is 1.00 bits per heavy atom. The molecule has 2 aliphatic rings. The SMILES string of the molecule is O=C(NCc1ccco1)c1ccc(N2CC3CC(C2)c2cccc(=O)n2C3)c(NS(=O)(=O)c2ccc(Cl)cc2)c1. The van der Waals surface area contributed by atoms with Crippen molar-refractivity contribution in [2.45, 2.75) is 30.3 Å². The maximum Gasteiger partial charge on any atom is 0.261 e. The van der Waals surface area contributed by atoms with E-state index >= 15 is 0 Å². The number of hydrogen-bond acceptors (Lipinski definition) is 6. The molecule has 206 valence electrons. The number of piperidine rings is 1. The number of halogens is 1. The van der Waals surface area contributed by atoms with Crippen LogP contribution < -0.4 is 20.5 Å². The summed E-state index contributed by atoms with van der Waals surface area (Å²) < 4.78 is 36.6. The molecule has 4 aromatic rings. The molecule has 11 heteroatoms. The highest BCUT2D eigenvalue weighted by atomic mass is 35.5. The van der Waals surface area contributed by atoms with Gasteiger partial charge >= 0.3 is 0 Å². The van der Waals surface area contributed by atoms with Crippen molar-refractivity contribution in [2.24, 2.45) is 5.92 Å². The Hall–Kier alpha value is -4.02. The number of amides is 1. The molecular weight excluding hydrogens is 552 g/mol. The molecule has 4 heterocycles. The molecule has 40 heavy (non-hydrogen) atoms. The van der Waals surface area contributed by atoms with Crippen LogP contribution in [0.3, 0.4) is 0 Å². The first kappa shape index (κ1) is 26.2. The average Bonchev–Trinajstić information content (AvgIpc) is 3.46. The normalized spacial score (nSPS) is 18.2. The second kappa shape index (κ2) is 10.5. The Morgan fingerprint density at radius 3 is 2.60 bits per heavy atom. The molecule has 2 bridgehead atoms. The van der Waals surface area contributed by atoms with E-state index in [1.54, 1.807) is 42.5 Å². The lowest BCUT2D eigenvalue weighted by Gasteiger charge is -2.44. The van der Waals surface area contributed by atoms with Crippen LogP contribution in [0.1, 0.15) is 34.2 Å². The van der Waals surface area contributed by atoms with Crippen molar-refractivity contribution >= 4 is 38.9 Å². The zero-order valence-electron chi connectivity index (χ0n) is 21.4. The van der Waals surface area contributed by atoms with Gasteiger partial charge in [0.1, 0.15) is 5.76 Å². The zero-order chi connectivity index (χ0) is 27.9. The predicted octanol–water partition coefficient (Wildman–Crippen LogP) is 4.45. The molecule has 1 amide bonds. The number of hydrogen-bond donors (Lipinski definition) is 2. The maximum absolute atomic E-state index is 13.4. The van der Waals surface area contributed by atoms with Gasteiger partial charge in [0.15, 0.2) is 0 Å². The number of carbonyl (C=O) groups is 1. The number of nitrogens with one attached hydrogen (secondary N) is 2. The maximum atomic E-state index is 13.4. The van der Waals surface area contributed by atoms with E-state index in [9.17, 15) is 18.0 Å². The molecule has 1 fully saturated rings. The first-order valence-corrected chi connectivity index (χ1v) is 14.8. The van der Waals surface area contributed by atoms with Crippen molar-refractivity contribution in [1.29, 1.82) is 0 Å². The number of carbonyl (C=O) groups excluding carboxylic acids is 1. The molecule has 9 nitrogen and oxygen atoms in total. The summed E-state index contributed by atoms with van der Waals surface area (Å²) in [6, 6.07) is 19.8. The van der Waals surface area contributed by atoms with Gasteiger partial charge in [-0.05, 0) is 73.0 Å². The molecule has 0 aliphatic carbocycles. The number of pyridine rings is 1.